The van der Waals surface area contributed by atoms with Crippen molar-refractivity contribution >= 4 is 39.8 Å². The average Bonchev–Trinajstić information content (AvgIpc) is 2.46. The predicted octanol–water partition coefficient (Wildman–Crippen LogP) is 1.41. The number of methoxy groups -OCH3 is 1. The Balaban J connectivity index is 0.00000441. The van der Waals surface area contributed by atoms with E-state index in [0.717, 1.165) is 11.3 Å². The van der Waals surface area contributed by atoms with Gasteiger partial charge in [0.05, 0.1) is 12.9 Å². The summed E-state index contributed by atoms with van der Waals surface area (Å²) in [4.78, 5) is 4.09. The average molecular weight is 441 g/mol. The van der Waals surface area contributed by atoms with Crippen molar-refractivity contribution < 1.29 is 13.2 Å². The van der Waals surface area contributed by atoms with Gasteiger partial charge in [-0.2, -0.15) is 0 Å². The van der Waals surface area contributed by atoms with Gasteiger partial charge in [-0.05, 0) is 24.1 Å². The molecule has 0 radical (unpaired) electrons. The van der Waals surface area contributed by atoms with E-state index in [0.29, 0.717) is 25.5 Å². The van der Waals surface area contributed by atoms with Crippen LogP contribution in [0.1, 0.15) is 12.0 Å². The molecule has 0 spiro atoms. The Hall–Kier alpha value is -1.03. The number of hydrogen-bond donors (Lipinski definition) is 2. The van der Waals surface area contributed by atoms with Gasteiger partial charge in [-0.15, -0.1) is 24.0 Å². The highest BCUT2D eigenvalue weighted by Gasteiger charge is 2.02. The van der Waals surface area contributed by atoms with Crippen molar-refractivity contribution in [3.63, 3.8) is 0 Å². The molecule has 1 aromatic rings. The Kier molecular flexibility index (Phi) is 10.2. The van der Waals surface area contributed by atoms with E-state index < -0.39 is 9.84 Å². The summed E-state index contributed by atoms with van der Waals surface area (Å²) in [6.45, 7) is 1.20. The van der Waals surface area contributed by atoms with E-state index in [4.69, 9.17) is 4.74 Å². The Morgan fingerprint density at radius 3 is 2.36 bits per heavy atom. The van der Waals surface area contributed by atoms with Gasteiger partial charge in [-0.25, -0.2) is 8.42 Å². The minimum absolute atomic E-state index is 0. The number of guanidine groups is 1. The van der Waals surface area contributed by atoms with Gasteiger partial charge in [0.1, 0.15) is 15.6 Å². The largest absolute Gasteiger partial charge is 0.497 e. The predicted molar refractivity (Wildman–Crippen MR) is 101 cm³/mol. The SMILES string of the molecule is CN=C(NCCCS(C)(=O)=O)NCc1ccc(OC)cc1.I. The van der Waals surface area contributed by atoms with Gasteiger partial charge >= 0.3 is 0 Å². The molecule has 2 N–H and O–H groups in total. The molecule has 0 aliphatic carbocycles. The fraction of sp³-hybridized carbons (Fsp3) is 0.500. The maximum Gasteiger partial charge on any atom is 0.191 e. The van der Waals surface area contributed by atoms with Crippen LogP contribution in [-0.2, 0) is 16.4 Å². The highest BCUT2D eigenvalue weighted by molar-refractivity contribution is 14.0. The van der Waals surface area contributed by atoms with Crippen LogP contribution in [0.4, 0.5) is 0 Å². The third-order valence-electron chi connectivity index (χ3n) is 2.83. The first kappa shape index (κ1) is 21.0. The van der Waals surface area contributed by atoms with E-state index in [1.165, 1.54) is 6.26 Å². The smallest absolute Gasteiger partial charge is 0.191 e. The van der Waals surface area contributed by atoms with Crippen molar-refractivity contribution in [1.82, 2.24) is 10.6 Å². The van der Waals surface area contributed by atoms with Crippen molar-refractivity contribution in [2.75, 3.05) is 32.7 Å². The summed E-state index contributed by atoms with van der Waals surface area (Å²) in [6, 6.07) is 7.75. The fourth-order valence-corrected chi connectivity index (χ4v) is 2.36. The summed E-state index contributed by atoms with van der Waals surface area (Å²) in [5.41, 5.74) is 1.11. The third kappa shape index (κ3) is 9.08. The van der Waals surface area contributed by atoms with Gasteiger partial charge in [0.15, 0.2) is 5.96 Å². The Morgan fingerprint density at radius 1 is 1.23 bits per heavy atom. The molecule has 1 rings (SSSR count). The minimum Gasteiger partial charge on any atom is -0.497 e. The molecule has 0 amide bonds. The summed E-state index contributed by atoms with van der Waals surface area (Å²) < 4.78 is 27.2. The second-order valence-corrected chi connectivity index (χ2v) is 6.94. The lowest BCUT2D eigenvalue weighted by atomic mass is 10.2. The van der Waals surface area contributed by atoms with Crippen LogP contribution < -0.4 is 15.4 Å². The molecule has 126 valence electrons. The first-order chi connectivity index (χ1) is 9.94. The Labute approximate surface area is 149 Å². The molecular formula is C14H24IN3O3S. The fourth-order valence-electron chi connectivity index (χ4n) is 1.69. The number of benzene rings is 1. The summed E-state index contributed by atoms with van der Waals surface area (Å²) in [5.74, 6) is 1.65. The first-order valence-corrected chi connectivity index (χ1v) is 8.76. The molecule has 0 aliphatic rings. The molecular weight excluding hydrogens is 417 g/mol. The van der Waals surface area contributed by atoms with Crippen LogP contribution in [-0.4, -0.2) is 47.1 Å². The second-order valence-electron chi connectivity index (χ2n) is 4.68. The summed E-state index contributed by atoms with van der Waals surface area (Å²) >= 11 is 0. The van der Waals surface area contributed by atoms with Crippen LogP contribution >= 0.6 is 24.0 Å². The number of halogens is 1. The molecule has 22 heavy (non-hydrogen) atoms. The zero-order valence-corrected chi connectivity index (χ0v) is 16.3. The standard InChI is InChI=1S/C14H23N3O3S.HI/c1-15-14(16-9-4-10-21(3,18)19)17-11-12-5-7-13(20-2)8-6-12;/h5-8H,4,9-11H2,1-3H3,(H2,15,16,17);1H. The number of rotatable bonds is 7. The van der Waals surface area contributed by atoms with Gasteiger partial charge in [-0.3, -0.25) is 4.99 Å². The van der Waals surface area contributed by atoms with Crippen LogP contribution in [0.15, 0.2) is 29.3 Å². The quantitative estimate of drug-likeness (QED) is 0.290. The molecule has 0 fully saturated rings. The van der Waals surface area contributed by atoms with Crippen LogP contribution in [0.2, 0.25) is 0 Å². The van der Waals surface area contributed by atoms with Crippen LogP contribution in [0.25, 0.3) is 0 Å². The Bertz CT molecular complexity index is 559. The van der Waals surface area contributed by atoms with Gasteiger partial charge < -0.3 is 15.4 Å². The number of sulfone groups is 1. The zero-order chi connectivity index (χ0) is 15.7. The number of nitrogens with zero attached hydrogens (tertiary/aromatic N) is 1. The molecule has 6 nitrogen and oxygen atoms in total. The van der Waals surface area contributed by atoms with E-state index in [1.54, 1.807) is 14.2 Å². The molecule has 0 saturated carbocycles. The molecule has 0 saturated heterocycles. The monoisotopic (exact) mass is 441 g/mol. The lowest BCUT2D eigenvalue weighted by Gasteiger charge is -2.12. The minimum atomic E-state index is -2.90. The van der Waals surface area contributed by atoms with E-state index in [2.05, 4.69) is 15.6 Å². The van der Waals surface area contributed by atoms with E-state index in [1.807, 2.05) is 24.3 Å². The second kappa shape index (κ2) is 10.7. The molecule has 0 atom stereocenters. The number of ether oxygens (including phenoxy) is 1. The third-order valence-corrected chi connectivity index (χ3v) is 3.86. The Morgan fingerprint density at radius 2 is 1.86 bits per heavy atom. The first-order valence-electron chi connectivity index (χ1n) is 6.70. The summed E-state index contributed by atoms with van der Waals surface area (Å²) in [7, 11) is 0.412. The van der Waals surface area contributed by atoms with Crippen molar-refractivity contribution in [2.45, 2.75) is 13.0 Å². The number of hydrogen-bond acceptors (Lipinski definition) is 4. The van der Waals surface area contributed by atoms with Crippen LogP contribution in [0.5, 0.6) is 5.75 Å². The topological polar surface area (TPSA) is 79.8 Å². The van der Waals surface area contributed by atoms with E-state index in [-0.39, 0.29) is 29.7 Å². The van der Waals surface area contributed by atoms with Crippen molar-refractivity contribution in [3.8, 4) is 5.75 Å². The van der Waals surface area contributed by atoms with Crippen molar-refractivity contribution in [3.05, 3.63) is 29.8 Å². The van der Waals surface area contributed by atoms with Gasteiger partial charge in [0.25, 0.3) is 0 Å². The molecule has 0 unspecified atom stereocenters. The van der Waals surface area contributed by atoms with Crippen LogP contribution in [0.3, 0.4) is 0 Å². The summed E-state index contributed by atoms with van der Waals surface area (Å²) in [5, 5.41) is 6.25. The highest BCUT2D eigenvalue weighted by Crippen LogP contribution is 2.10. The highest BCUT2D eigenvalue weighted by atomic mass is 127. The number of aliphatic imine (C=N–C) groups is 1. The van der Waals surface area contributed by atoms with E-state index >= 15 is 0 Å². The van der Waals surface area contributed by atoms with Gasteiger partial charge in [0.2, 0.25) is 0 Å². The van der Waals surface area contributed by atoms with Gasteiger partial charge in [0, 0.05) is 26.4 Å². The molecule has 0 bridgehead atoms. The van der Waals surface area contributed by atoms with Crippen LogP contribution in [0, 0.1) is 0 Å². The molecule has 0 aromatic heterocycles. The normalized spacial score (nSPS) is 11.5. The molecule has 0 heterocycles. The molecule has 8 heteroatoms. The molecule has 0 aliphatic heterocycles. The van der Waals surface area contributed by atoms with Gasteiger partial charge in [-0.1, -0.05) is 12.1 Å². The lowest BCUT2D eigenvalue weighted by molar-refractivity contribution is 0.414. The zero-order valence-electron chi connectivity index (χ0n) is 13.1. The maximum absolute atomic E-state index is 11.0. The van der Waals surface area contributed by atoms with Crippen molar-refractivity contribution in [2.24, 2.45) is 4.99 Å². The number of nitrogens with one attached hydrogen (secondary N) is 2. The lowest BCUT2D eigenvalue weighted by Crippen LogP contribution is -2.37. The molecule has 1 aromatic carbocycles. The summed E-state index contributed by atoms with van der Waals surface area (Å²) in [6.07, 6.45) is 1.80. The van der Waals surface area contributed by atoms with Crippen molar-refractivity contribution in [1.29, 1.82) is 0 Å². The van der Waals surface area contributed by atoms with E-state index in [9.17, 15) is 8.42 Å². The maximum atomic E-state index is 11.0.